The Hall–Kier alpha value is -4.33. The quantitative estimate of drug-likeness (QED) is 0.243. The Kier molecular flexibility index (Phi) is 7.78. The minimum Gasteiger partial charge on any atom is -0.497 e. The van der Waals surface area contributed by atoms with E-state index in [9.17, 15) is 14.7 Å². The Labute approximate surface area is 233 Å². The number of rotatable bonds is 8. The largest absolute Gasteiger partial charge is 0.497 e. The number of benzene rings is 3. The molecule has 40 heavy (non-hydrogen) atoms. The van der Waals surface area contributed by atoms with Crippen LogP contribution in [0.15, 0.2) is 60.7 Å². The number of aromatic nitrogens is 2. The molecule has 2 N–H and O–H groups in total. The van der Waals surface area contributed by atoms with Crippen LogP contribution in [0.3, 0.4) is 0 Å². The summed E-state index contributed by atoms with van der Waals surface area (Å²) in [5.41, 5.74) is 2.92. The topological polar surface area (TPSA) is 105 Å². The number of methoxy groups -OCH3 is 1. The fraction of sp³-hybridized carbons (Fsp3) is 0.344. The molecule has 8 nitrogen and oxygen atoms in total. The van der Waals surface area contributed by atoms with E-state index < -0.39 is 5.97 Å². The van der Waals surface area contributed by atoms with Gasteiger partial charge in [0.25, 0.3) is 0 Å². The summed E-state index contributed by atoms with van der Waals surface area (Å²) in [5, 5.41) is 10.1. The first-order valence-corrected chi connectivity index (χ1v) is 13.8. The number of carbonyl (C=O) groups excluding carboxylic acids is 1. The SMILES string of the molecule is COc1ccc(-c2nc3ccc(Oc4ccc(N(C(=O)C5CCC(C)CC5)C(C)C)c(C(=O)O)c4)cc3[nH]2)cc1. The minimum atomic E-state index is -1.11. The van der Waals surface area contributed by atoms with Crippen LogP contribution in [-0.2, 0) is 4.79 Å². The van der Waals surface area contributed by atoms with Crippen molar-refractivity contribution in [2.24, 2.45) is 11.8 Å². The summed E-state index contributed by atoms with van der Waals surface area (Å²) >= 11 is 0. The van der Waals surface area contributed by atoms with Crippen molar-refractivity contribution in [2.75, 3.05) is 12.0 Å². The number of anilines is 1. The van der Waals surface area contributed by atoms with E-state index in [4.69, 9.17) is 9.47 Å². The van der Waals surface area contributed by atoms with E-state index in [0.29, 0.717) is 23.1 Å². The van der Waals surface area contributed by atoms with Gasteiger partial charge in [0, 0.05) is 23.6 Å². The molecule has 1 aromatic heterocycles. The molecule has 0 bridgehead atoms. The number of hydrogen-bond acceptors (Lipinski definition) is 5. The lowest BCUT2D eigenvalue weighted by atomic mass is 9.82. The molecule has 208 valence electrons. The van der Waals surface area contributed by atoms with Gasteiger partial charge in [0.2, 0.25) is 5.91 Å². The molecule has 0 unspecified atom stereocenters. The number of carbonyl (C=O) groups is 2. The monoisotopic (exact) mass is 541 g/mol. The number of imidazole rings is 1. The first kappa shape index (κ1) is 27.2. The zero-order valence-corrected chi connectivity index (χ0v) is 23.3. The van der Waals surface area contributed by atoms with E-state index >= 15 is 0 Å². The number of fused-ring (bicyclic) bond motifs is 1. The first-order chi connectivity index (χ1) is 19.2. The Bertz CT molecular complexity index is 1520. The van der Waals surface area contributed by atoms with Gasteiger partial charge in [-0.15, -0.1) is 0 Å². The first-order valence-electron chi connectivity index (χ1n) is 13.8. The molecule has 4 aromatic rings. The smallest absolute Gasteiger partial charge is 0.337 e. The predicted molar refractivity (Wildman–Crippen MR) is 155 cm³/mol. The number of hydrogen-bond donors (Lipinski definition) is 2. The molecular formula is C32H35N3O5. The minimum absolute atomic E-state index is 0.00423. The van der Waals surface area contributed by atoms with Gasteiger partial charge in [-0.2, -0.15) is 0 Å². The molecule has 0 atom stereocenters. The van der Waals surface area contributed by atoms with Crippen LogP contribution in [-0.4, -0.2) is 40.1 Å². The summed E-state index contributed by atoms with van der Waals surface area (Å²) in [6, 6.07) is 17.8. The van der Waals surface area contributed by atoms with Gasteiger partial charge in [0.1, 0.15) is 23.1 Å². The van der Waals surface area contributed by atoms with Gasteiger partial charge in [-0.05, 0) is 100 Å². The van der Waals surface area contributed by atoms with Crippen molar-refractivity contribution in [3.05, 3.63) is 66.2 Å². The lowest BCUT2D eigenvalue weighted by molar-refractivity contribution is -0.123. The lowest BCUT2D eigenvalue weighted by Crippen LogP contribution is -2.42. The molecule has 5 rings (SSSR count). The third kappa shape index (κ3) is 5.66. The van der Waals surface area contributed by atoms with E-state index in [1.165, 1.54) is 6.07 Å². The van der Waals surface area contributed by atoms with Gasteiger partial charge in [-0.25, -0.2) is 9.78 Å². The molecule has 0 radical (unpaired) electrons. The Morgan fingerprint density at radius 3 is 2.25 bits per heavy atom. The fourth-order valence-electron chi connectivity index (χ4n) is 5.39. The zero-order valence-electron chi connectivity index (χ0n) is 23.3. The van der Waals surface area contributed by atoms with Gasteiger partial charge < -0.3 is 24.5 Å². The molecule has 3 aromatic carbocycles. The van der Waals surface area contributed by atoms with E-state index in [0.717, 1.165) is 53.9 Å². The van der Waals surface area contributed by atoms with Crippen LogP contribution in [0.1, 0.15) is 56.8 Å². The van der Waals surface area contributed by atoms with Crippen molar-refractivity contribution in [2.45, 2.75) is 52.5 Å². The van der Waals surface area contributed by atoms with Crippen LogP contribution in [0, 0.1) is 11.8 Å². The molecule has 1 fully saturated rings. The standard InChI is InChI=1S/C32H35N3O5/c1-19(2)35(31(36)22-7-5-20(3)6-8-22)29-16-14-24(17-26(29)32(37)38)40-25-13-15-27-28(18-25)34-30(33-27)21-9-11-23(39-4)12-10-21/h9-20,22H,5-8H2,1-4H3,(H,33,34)(H,37,38). The summed E-state index contributed by atoms with van der Waals surface area (Å²) in [4.78, 5) is 35.5. The molecule has 1 aliphatic rings. The van der Waals surface area contributed by atoms with Crippen molar-refractivity contribution in [1.82, 2.24) is 9.97 Å². The van der Waals surface area contributed by atoms with Crippen molar-refractivity contribution >= 4 is 28.6 Å². The second-order valence-corrected chi connectivity index (χ2v) is 10.8. The number of amides is 1. The van der Waals surface area contributed by atoms with E-state index in [2.05, 4.69) is 16.9 Å². The Balaban J connectivity index is 1.40. The summed E-state index contributed by atoms with van der Waals surface area (Å²) in [7, 11) is 1.63. The molecule has 8 heteroatoms. The predicted octanol–water partition coefficient (Wildman–Crippen LogP) is 7.30. The van der Waals surface area contributed by atoms with Crippen LogP contribution in [0.4, 0.5) is 5.69 Å². The number of nitrogens with one attached hydrogen (secondary N) is 1. The van der Waals surface area contributed by atoms with Crippen LogP contribution >= 0.6 is 0 Å². The number of carboxylic acid groups (broad SMARTS) is 1. The second-order valence-electron chi connectivity index (χ2n) is 10.8. The maximum absolute atomic E-state index is 13.5. The number of H-pyrrole nitrogens is 1. The normalized spacial score (nSPS) is 17.1. The van der Waals surface area contributed by atoms with Crippen LogP contribution < -0.4 is 14.4 Å². The lowest BCUT2D eigenvalue weighted by Gasteiger charge is -2.34. The number of ether oxygens (including phenoxy) is 2. The van der Waals surface area contributed by atoms with Gasteiger partial charge in [0.15, 0.2) is 0 Å². The van der Waals surface area contributed by atoms with Crippen molar-refractivity contribution in [3.8, 4) is 28.6 Å². The van der Waals surface area contributed by atoms with Crippen molar-refractivity contribution < 1.29 is 24.2 Å². The third-order valence-corrected chi connectivity index (χ3v) is 7.63. The van der Waals surface area contributed by atoms with E-state index in [1.54, 1.807) is 30.2 Å². The summed E-state index contributed by atoms with van der Waals surface area (Å²) in [6.07, 6.45) is 3.71. The molecule has 0 spiro atoms. The van der Waals surface area contributed by atoms with Crippen molar-refractivity contribution in [3.63, 3.8) is 0 Å². The van der Waals surface area contributed by atoms with Crippen LogP contribution in [0.5, 0.6) is 17.2 Å². The molecule has 1 aliphatic carbocycles. The number of nitrogens with zero attached hydrogens (tertiary/aromatic N) is 2. The van der Waals surface area contributed by atoms with Gasteiger partial charge in [-0.3, -0.25) is 4.79 Å². The van der Waals surface area contributed by atoms with E-state index in [-0.39, 0.29) is 23.4 Å². The van der Waals surface area contributed by atoms with Gasteiger partial charge >= 0.3 is 5.97 Å². The molecule has 1 heterocycles. The fourth-order valence-corrected chi connectivity index (χ4v) is 5.39. The van der Waals surface area contributed by atoms with Crippen LogP contribution in [0.25, 0.3) is 22.4 Å². The number of aromatic carboxylic acids is 1. The van der Waals surface area contributed by atoms with Gasteiger partial charge in [0.05, 0.1) is 29.4 Å². The summed E-state index contributed by atoms with van der Waals surface area (Å²) < 4.78 is 11.3. The molecule has 0 saturated heterocycles. The second kappa shape index (κ2) is 11.4. The highest BCUT2D eigenvalue weighted by molar-refractivity contribution is 6.03. The average molecular weight is 542 g/mol. The highest BCUT2D eigenvalue weighted by Crippen LogP contribution is 2.35. The van der Waals surface area contributed by atoms with Gasteiger partial charge in [-0.1, -0.05) is 6.92 Å². The van der Waals surface area contributed by atoms with Crippen LogP contribution in [0.2, 0.25) is 0 Å². The molecular weight excluding hydrogens is 506 g/mol. The molecule has 1 amide bonds. The highest BCUT2D eigenvalue weighted by Gasteiger charge is 2.32. The Morgan fingerprint density at radius 2 is 1.60 bits per heavy atom. The van der Waals surface area contributed by atoms with E-state index in [1.807, 2.05) is 50.2 Å². The summed E-state index contributed by atoms with van der Waals surface area (Å²) in [6.45, 7) is 6.05. The number of aromatic amines is 1. The highest BCUT2D eigenvalue weighted by atomic mass is 16.5. The zero-order chi connectivity index (χ0) is 28.4. The van der Waals surface area contributed by atoms with Crippen molar-refractivity contribution in [1.29, 1.82) is 0 Å². The molecule has 0 aliphatic heterocycles. The average Bonchev–Trinajstić information content (AvgIpc) is 3.37. The maximum atomic E-state index is 13.5. The summed E-state index contributed by atoms with van der Waals surface area (Å²) in [5.74, 6) is 1.83. The number of carboxylic acids is 1. The Morgan fingerprint density at radius 1 is 0.950 bits per heavy atom. The molecule has 1 saturated carbocycles. The third-order valence-electron chi connectivity index (χ3n) is 7.63. The maximum Gasteiger partial charge on any atom is 0.337 e.